The average molecular weight is 210 g/mol. The van der Waals surface area contributed by atoms with Gasteiger partial charge in [0.15, 0.2) is 0 Å². The summed E-state index contributed by atoms with van der Waals surface area (Å²) in [5.41, 5.74) is 0.347. The lowest BCUT2D eigenvalue weighted by molar-refractivity contribution is -0.107. The van der Waals surface area contributed by atoms with Crippen LogP contribution in [0.5, 0.6) is 5.75 Å². The molecule has 2 nitrogen and oxygen atoms in total. The zero-order valence-corrected chi connectivity index (χ0v) is 7.74. The van der Waals surface area contributed by atoms with Crippen LogP contribution in [-0.4, -0.2) is 12.9 Å². The summed E-state index contributed by atoms with van der Waals surface area (Å²) < 4.78 is 28.2. The van der Waals surface area contributed by atoms with E-state index in [0.29, 0.717) is 11.8 Å². The van der Waals surface area contributed by atoms with Crippen molar-refractivity contribution in [1.82, 2.24) is 0 Å². The monoisotopic (exact) mass is 210 g/mol. The molecule has 1 rings (SSSR count). The van der Waals surface area contributed by atoms with Crippen LogP contribution in [-0.2, 0) is 4.79 Å². The molecule has 0 aliphatic heterocycles. The summed E-state index contributed by atoms with van der Waals surface area (Å²) >= 11 is 0. The van der Waals surface area contributed by atoms with E-state index in [4.69, 9.17) is 0 Å². The van der Waals surface area contributed by atoms with Crippen LogP contribution >= 0.6 is 0 Å². The molecule has 0 atom stereocenters. The first-order chi connectivity index (χ1) is 7.24. The van der Waals surface area contributed by atoms with Crippen molar-refractivity contribution < 1.29 is 18.3 Å². The van der Waals surface area contributed by atoms with Gasteiger partial charge in [0.1, 0.15) is 12.0 Å². The Morgan fingerprint density at radius 3 is 2.80 bits per heavy atom. The van der Waals surface area contributed by atoms with E-state index in [9.17, 15) is 13.6 Å². The molecule has 0 amide bonds. The number of carbonyl (C=O) groups is 1. The van der Waals surface area contributed by atoms with Crippen molar-refractivity contribution in [2.75, 3.05) is 0 Å². The number of carbonyl (C=O) groups excluding carboxylic acids is 1. The highest BCUT2D eigenvalue weighted by molar-refractivity contribution is 5.56. The molecule has 0 aliphatic carbocycles. The Kier molecular flexibility index (Phi) is 4.30. The van der Waals surface area contributed by atoms with Gasteiger partial charge in [-0.1, -0.05) is 24.0 Å². The van der Waals surface area contributed by atoms with E-state index in [2.05, 4.69) is 16.6 Å². The maximum Gasteiger partial charge on any atom is 0.387 e. The van der Waals surface area contributed by atoms with Gasteiger partial charge < -0.3 is 9.53 Å². The third-order valence-electron chi connectivity index (χ3n) is 1.51. The average Bonchev–Trinajstić information content (AvgIpc) is 2.20. The highest BCUT2D eigenvalue weighted by Gasteiger charge is 2.06. The number of para-hydroxylation sites is 1. The second kappa shape index (κ2) is 5.76. The molecule has 1 aromatic rings. The van der Waals surface area contributed by atoms with Crippen molar-refractivity contribution in [3.63, 3.8) is 0 Å². The van der Waals surface area contributed by atoms with Crippen molar-refractivity contribution >= 4 is 6.29 Å². The quantitative estimate of drug-likeness (QED) is 0.564. The van der Waals surface area contributed by atoms with Crippen molar-refractivity contribution in [2.24, 2.45) is 0 Å². The number of ether oxygens (including phenoxy) is 1. The summed E-state index contributed by atoms with van der Waals surface area (Å²) in [5.74, 6) is 5.12. The number of aldehydes is 1. The largest absolute Gasteiger partial charge is 0.434 e. The van der Waals surface area contributed by atoms with Crippen molar-refractivity contribution in [1.29, 1.82) is 0 Å². The van der Waals surface area contributed by atoms with Gasteiger partial charge in [0.05, 0.1) is 12.0 Å². The molecule has 0 saturated carbocycles. The van der Waals surface area contributed by atoms with E-state index in [-0.39, 0.29) is 12.2 Å². The van der Waals surface area contributed by atoms with Crippen LogP contribution in [0, 0.1) is 11.8 Å². The zero-order valence-electron chi connectivity index (χ0n) is 7.74. The topological polar surface area (TPSA) is 26.3 Å². The molecule has 78 valence electrons. The first-order valence-corrected chi connectivity index (χ1v) is 4.20. The van der Waals surface area contributed by atoms with E-state index in [0.717, 1.165) is 0 Å². The van der Waals surface area contributed by atoms with Gasteiger partial charge in [0.2, 0.25) is 0 Å². The molecule has 4 heteroatoms. The summed E-state index contributed by atoms with van der Waals surface area (Å²) in [4.78, 5) is 10.0. The van der Waals surface area contributed by atoms with E-state index < -0.39 is 6.61 Å². The van der Waals surface area contributed by atoms with Crippen LogP contribution in [0.25, 0.3) is 0 Å². The molecular weight excluding hydrogens is 202 g/mol. The highest BCUT2D eigenvalue weighted by atomic mass is 19.3. The number of alkyl halides is 2. The summed E-state index contributed by atoms with van der Waals surface area (Å²) in [6, 6.07) is 6.18. The van der Waals surface area contributed by atoms with E-state index in [1.807, 2.05) is 0 Å². The predicted octanol–water partition coefficient (Wildman–Crippen LogP) is 2.23. The molecule has 0 N–H and O–H groups in total. The van der Waals surface area contributed by atoms with Gasteiger partial charge in [-0.15, -0.1) is 0 Å². The highest BCUT2D eigenvalue weighted by Crippen LogP contribution is 2.18. The van der Waals surface area contributed by atoms with Gasteiger partial charge in [-0.05, 0) is 12.1 Å². The van der Waals surface area contributed by atoms with Crippen LogP contribution in [0.3, 0.4) is 0 Å². The lowest BCUT2D eigenvalue weighted by Gasteiger charge is -2.05. The summed E-state index contributed by atoms with van der Waals surface area (Å²) in [6.45, 7) is -2.88. The molecule has 0 aliphatic rings. The fourth-order valence-corrected chi connectivity index (χ4v) is 0.957. The van der Waals surface area contributed by atoms with Crippen LogP contribution in [0.15, 0.2) is 24.3 Å². The molecule has 0 spiro atoms. The van der Waals surface area contributed by atoms with Crippen molar-refractivity contribution in [3.8, 4) is 17.6 Å². The minimum absolute atomic E-state index is 0.0194. The third-order valence-corrected chi connectivity index (χ3v) is 1.51. The van der Waals surface area contributed by atoms with Crippen molar-refractivity contribution in [2.45, 2.75) is 13.0 Å². The zero-order chi connectivity index (χ0) is 11.1. The van der Waals surface area contributed by atoms with Crippen molar-refractivity contribution in [3.05, 3.63) is 29.8 Å². The fourth-order valence-electron chi connectivity index (χ4n) is 0.957. The molecule has 15 heavy (non-hydrogen) atoms. The predicted molar refractivity (Wildman–Crippen MR) is 50.6 cm³/mol. The summed E-state index contributed by atoms with van der Waals surface area (Å²) in [6.07, 6.45) is 0.715. The number of benzene rings is 1. The lowest BCUT2D eigenvalue weighted by atomic mass is 10.2. The van der Waals surface area contributed by atoms with Gasteiger partial charge in [-0.25, -0.2) is 0 Å². The Balaban J connectivity index is 2.87. The van der Waals surface area contributed by atoms with Crippen LogP contribution < -0.4 is 4.74 Å². The first-order valence-electron chi connectivity index (χ1n) is 4.20. The first kappa shape index (κ1) is 11.2. The molecular formula is C11H8F2O2. The Hall–Kier alpha value is -1.89. The molecule has 0 bridgehead atoms. The molecule has 0 saturated heterocycles. The molecule has 1 aromatic carbocycles. The molecule has 0 unspecified atom stereocenters. The van der Waals surface area contributed by atoms with Gasteiger partial charge in [0.25, 0.3) is 0 Å². The smallest absolute Gasteiger partial charge is 0.387 e. The fraction of sp³-hybridized carbons (Fsp3) is 0.182. The Morgan fingerprint density at radius 1 is 1.40 bits per heavy atom. The lowest BCUT2D eigenvalue weighted by Crippen LogP contribution is -2.03. The standard InChI is InChI=1S/C11H8F2O2/c12-11(13)15-10-7-2-1-5-9(10)6-3-4-8-14/h1-2,5,7-8,11H,4H2. The number of hydrogen-bond donors (Lipinski definition) is 0. The van der Waals surface area contributed by atoms with Gasteiger partial charge >= 0.3 is 6.61 Å². The van der Waals surface area contributed by atoms with Gasteiger partial charge in [-0.2, -0.15) is 8.78 Å². The maximum absolute atomic E-state index is 12.0. The minimum atomic E-state index is -2.88. The molecule has 0 fully saturated rings. The SMILES string of the molecule is O=CCC#Cc1ccccc1OC(F)F. The minimum Gasteiger partial charge on any atom is -0.434 e. The Labute approximate surface area is 85.9 Å². The van der Waals surface area contributed by atoms with E-state index in [1.54, 1.807) is 18.2 Å². The number of hydrogen-bond acceptors (Lipinski definition) is 2. The molecule has 0 heterocycles. The van der Waals surface area contributed by atoms with E-state index in [1.165, 1.54) is 6.07 Å². The van der Waals surface area contributed by atoms with Crippen LogP contribution in [0.4, 0.5) is 8.78 Å². The normalized spacial score (nSPS) is 9.27. The summed E-state index contributed by atoms with van der Waals surface area (Å²) in [7, 11) is 0. The molecule has 0 aromatic heterocycles. The van der Waals surface area contributed by atoms with Gasteiger partial charge in [-0.3, -0.25) is 0 Å². The molecule has 0 radical (unpaired) electrons. The Morgan fingerprint density at radius 2 is 2.13 bits per heavy atom. The second-order valence-corrected chi connectivity index (χ2v) is 2.55. The number of rotatable bonds is 3. The van der Waals surface area contributed by atoms with E-state index >= 15 is 0 Å². The Bertz CT molecular complexity index is 391. The van der Waals surface area contributed by atoms with Crippen LogP contribution in [0.2, 0.25) is 0 Å². The number of halogens is 2. The second-order valence-electron chi connectivity index (χ2n) is 2.55. The van der Waals surface area contributed by atoms with Gasteiger partial charge in [0, 0.05) is 0 Å². The van der Waals surface area contributed by atoms with Crippen LogP contribution in [0.1, 0.15) is 12.0 Å². The summed E-state index contributed by atoms with van der Waals surface area (Å²) in [5, 5.41) is 0. The third kappa shape index (κ3) is 3.77. The maximum atomic E-state index is 12.0.